The molecule has 79 heavy (non-hydrogen) atoms. The van der Waals surface area contributed by atoms with Crippen molar-refractivity contribution in [1.29, 1.82) is 0 Å². The van der Waals surface area contributed by atoms with Crippen LogP contribution in [0.2, 0.25) is 0 Å². The minimum atomic E-state index is 0.829. The number of hydrogen-bond donors (Lipinski definition) is 0. The molecular formula is C75H144N4. The molecule has 0 atom stereocenters. The van der Waals surface area contributed by atoms with Gasteiger partial charge < -0.3 is 0 Å². The van der Waals surface area contributed by atoms with Crippen molar-refractivity contribution in [1.82, 2.24) is 9.97 Å². The largest absolute Gasteiger partial charge is 0.289 e. The van der Waals surface area contributed by atoms with Gasteiger partial charge in [0.1, 0.15) is 5.82 Å². The Balaban J connectivity index is -0.0000000388. The molecule has 0 N–H and O–H groups in total. The third-order valence-corrected chi connectivity index (χ3v) is 6.02. The highest BCUT2D eigenvalue weighted by molar-refractivity contribution is 5.82. The number of nitrogens with zero attached hydrogens (tertiary/aromatic N) is 4. The summed E-state index contributed by atoms with van der Waals surface area (Å²) in [5, 5.41) is 2.62. The predicted octanol–water partition coefficient (Wildman–Crippen LogP) is 26.8. The molecule has 0 unspecified atom stereocenters. The van der Waals surface area contributed by atoms with Crippen LogP contribution in [-0.2, 0) is 0 Å². The highest BCUT2D eigenvalue weighted by Gasteiger charge is 1.85. The fraction of sp³-hybridized carbons (Fsp3) is 0.547. The number of allylic oxidation sites excluding steroid dienone is 6. The van der Waals surface area contributed by atoms with Crippen molar-refractivity contribution in [3.05, 3.63) is 156 Å². The lowest BCUT2D eigenvalue weighted by atomic mass is 10.1. The molecule has 3 heterocycles. The first kappa shape index (κ1) is 117. The van der Waals surface area contributed by atoms with Gasteiger partial charge >= 0.3 is 0 Å². The Bertz CT molecular complexity index is 1440. The van der Waals surface area contributed by atoms with Crippen molar-refractivity contribution >= 4 is 23.2 Å². The van der Waals surface area contributed by atoms with Crippen molar-refractivity contribution in [3.8, 4) is 23.7 Å². The van der Waals surface area contributed by atoms with Gasteiger partial charge in [0.15, 0.2) is 0 Å². The molecule has 0 saturated heterocycles. The number of rotatable bonds is 0. The monoisotopic (exact) mass is 1100 g/mol. The van der Waals surface area contributed by atoms with Gasteiger partial charge in [0.2, 0.25) is 0 Å². The van der Waals surface area contributed by atoms with E-state index in [-0.39, 0.29) is 0 Å². The fourth-order valence-electron chi connectivity index (χ4n) is 3.23. The Morgan fingerprint density at radius 1 is 0.329 bits per heavy atom. The van der Waals surface area contributed by atoms with E-state index >= 15 is 0 Å². The zero-order valence-electron chi connectivity index (χ0n) is 60.8. The maximum Gasteiger partial charge on any atom is 0.125 e. The second-order valence-corrected chi connectivity index (χ2v) is 10.3. The Morgan fingerprint density at radius 2 is 0.620 bits per heavy atom. The van der Waals surface area contributed by atoms with Gasteiger partial charge in [0.25, 0.3) is 0 Å². The first-order valence-electron chi connectivity index (χ1n) is 31.4. The number of hydrogen-bond acceptors (Lipinski definition) is 4. The zero-order chi connectivity index (χ0) is 66.2. The van der Waals surface area contributed by atoms with E-state index < -0.39 is 0 Å². The van der Waals surface area contributed by atoms with Crippen LogP contribution in [-0.4, -0.2) is 28.9 Å². The molecule has 0 amide bonds. The molecule has 4 aromatic rings. The van der Waals surface area contributed by atoms with Gasteiger partial charge in [-0.15, -0.1) is 23.7 Å². The highest BCUT2D eigenvalue weighted by atomic mass is 14.8. The second-order valence-electron chi connectivity index (χ2n) is 10.3. The van der Waals surface area contributed by atoms with Crippen molar-refractivity contribution in [2.24, 2.45) is 9.98 Å². The lowest BCUT2D eigenvalue weighted by molar-refractivity contribution is 1.03. The molecule has 0 spiro atoms. The first-order valence-corrected chi connectivity index (χ1v) is 31.4. The summed E-state index contributed by atoms with van der Waals surface area (Å²) in [5.41, 5.74) is 3.77. The van der Waals surface area contributed by atoms with Crippen LogP contribution in [0.4, 0.5) is 0 Å². The molecule has 1 aliphatic carbocycles. The molecule has 0 saturated carbocycles. The van der Waals surface area contributed by atoms with Crippen molar-refractivity contribution < 1.29 is 0 Å². The quantitative estimate of drug-likeness (QED) is 0.165. The summed E-state index contributed by atoms with van der Waals surface area (Å²) in [6, 6.07) is 25.2. The van der Waals surface area contributed by atoms with Gasteiger partial charge in [0, 0.05) is 37.4 Å². The van der Waals surface area contributed by atoms with Gasteiger partial charge in [-0.2, -0.15) is 0 Å². The summed E-state index contributed by atoms with van der Waals surface area (Å²) in [7, 11) is 0. The summed E-state index contributed by atoms with van der Waals surface area (Å²) in [5.74, 6) is 11.6. The maximum absolute atomic E-state index is 3.97. The van der Waals surface area contributed by atoms with Crippen LogP contribution in [0.15, 0.2) is 144 Å². The number of aromatic nitrogens is 2. The lowest BCUT2D eigenvalue weighted by Gasteiger charge is -1.92. The van der Waals surface area contributed by atoms with Crippen LogP contribution in [0.1, 0.15) is 271 Å². The molecule has 3 aromatic carbocycles. The average molecular weight is 1100 g/mol. The van der Waals surface area contributed by atoms with E-state index in [4.69, 9.17) is 0 Å². The van der Waals surface area contributed by atoms with Crippen molar-refractivity contribution in [3.63, 3.8) is 0 Å². The normalized spacial score (nSPS) is 7.97. The van der Waals surface area contributed by atoms with Crippen LogP contribution in [0, 0.1) is 51.4 Å². The molecule has 464 valence electrons. The number of aliphatic imine (C=N–C) groups is 2. The molecule has 0 fully saturated rings. The number of aryl methyl sites for hydroxylation is 4. The molecule has 4 heteroatoms. The van der Waals surface area contributed by atoms with Crippen LogP contribution in [0.3, 0.4) is 0 Å². The van der Waals surface area contributed by atoms with E-state index in [0.29, 0.717) is 0 Å². The standard InChI is InChI=1S/C10H8.C8H10.C6H8N2.C5H6.2C4H5N.2C4H6.15C2H6/c1-2-6-10-8-4-3-7-9(10)5-1;1-7-3-5-8(2)6-4-7;1-5-3-7-6(2)8-4-5;3*1-2-4-5-3-1;2*1-3-4-2;15*1-2/h1-8H;3-6H,1-2H3;3-4H,1-2H3;1-4H,5H2;1,3-4H,2H2;1-3H,4H2;2*1-2H3;15*1-2H3. The summed E-state index contributed by atoms with van der Waals surface area (Å²) in [4.78, 5) is 15.6. The Hall–Kier alpha value is -5.58. The predicted molar refractivity (Wildman–Crippen MR) is 387 cm³/mol. The van der Waals surface area contributed by atoms with Crippen LogP contribution in [0.25, 0.3) is 10.8 Å². The average Bonchev–Trinajstić information content (AvgIpc) is 4.47. The van der Waals surface area contributed by atoms with Crippen LogP contribution >= 0.6 is 0 Å². The third-order valence-electron chi connectivity index (χ3n) is 6.02. The molecule has 3 aliphatic rings. The summed E-state index contributed by atoms with van der Waals surface area (Å²) in [6.07, 6.45) is 25.6. The minimum Gasteiger partial charge on any atom is -0.289 e. The van der Waals surface area contributed by atoms with Crippen molar-refractivity contribution in [2.45, 2.75) is 276 Å². The van der Waals surface area contributed by atoms with E-state index in [1.165, 1.54) is 21.9 Å². The Kier molecular flexibility index (Phi) is 243. The zero-order valence-corrected chi connectivity index (χ0v) is 60.8. The topological polar surface area (TPSA) is 50.5 Å². The number of fused-ring (bicyclic) bond motifs is 1. The Labute approximate surface area is 503 Å². The highest BCUT2D eigenvalue weighted by Crippen LogP contribution is 2.11. The van der Waals surface area contributed by atoms with E-state index in [2.05, 4.69) is 155 Å². The Morgan fingerprint density at radius 3 is 0.759 bits per heavy atom. The van der Waals surface area contributed by atoms with E-state index in [9.17, 15) is 0 Å². The van der Waals surface area contributed by atoms with Crippen LogP contribution in [0.5, 0.6) is 0 Å². The minimum absolute atomic E-state index is 0.829. The van der Waals surface area contributed by atoms with E-state index in [0.717, 1.165) is 30.8 Å². The fourth-order valence-corrected chi connectivity index (χ4v) is 3.23. The second kappa shape index (κ2) is 164. The molecule has 1 aromatic heterocycles. The molecule has 4 nitrogen and oxygen atoms in total. The van der Waals surface area contributed by atoms with Gasteiger partial charge in [-0.1, -0.05) is 328 Å². The smallest absolute Gasteiger partial charge is 0.125 e. The summed E-state index contributed by atoms with van der Waals surface area (Å²) in [6.45, 7) is 76.2. The first-order chi connectivity index (χ1) is 38.9. The maximum atomic E-state index is 3.97. The summed E-state index contributed by atoms with van der Waals surface area (Å²) < 4.78 is 0. The van der Waals surface area contributed by atoms with Gasteiger partial charge in [0.05, 0.1) is 6.54 Å². The molecule has 7 rings (SSSR count). The van der Waals surface area contributed by atoms with Gasteiger partial charge in [-0.25, -0.2) is 9.97 Å². The van der Waals surface area contributed by atoms with Crippen LogP contribution < -0.4 is 0 Å². The lowest BCUT2D eigenvalue weighted by Crippen LogP contribution is -1.84. The third kappa shape index (κ3) is 147. The van der Waals surface area contributed by atoms with E-state index in [1.807, 2.05) is 286 Å². The molecular weight excluding hydrogens is 957 g/mol. The van der Waals surface area contributed by atoms with Crippen molar-refractivity contribution in [2.75, 3.05) is 6.54 Å². The van der Waals surface area contributed by atoms with Gasteiger partial charge in [-0.05, 0) is 84.2 Å². The molecule has 0 bridgehead atoms. The van der Waals surface area contributed by atoms with Gasteiger partial charge in [-0.3, -0.25) is 9.98 Å². The SMILES string of the molecule is C1=CCC=C1.C1=CCN=C1.C1=CN=CC1.CC.CC.CC.CC.CC.CC.CC.CC.CC.CC.CC.CC.CC.CC.CC.CC#CC.CC#CC.Cc1ccc(C)cc1.Cc1cnc(C)nc1.c1ccc2ccccc2c1. The number of benzene rings is 3. The molecule has 0 radical (unpaired) electrons. The molecule has 2 aliphatic heterocycles. The van der Waals surface area contributed by atoms with E-state index in [1.54, 1.807) is 12.4 Å². The summed E-state index contributed by atoms with van der Waals surface area (Å²) >= 11 is 0.